The van der Waals surface area contributed by atoms with Crippen LogP contribution in [0.2, 0.25) is 0 Å². The Morgan fingerprint density at radius 3 is 2.77 bits per heavy atom. The maximum Gasteiger partial charge on any atom is 0.304 e. The number of hydrogen-bond donors (Lipinski definition) is 2. The largest absolute Gasteiger partial charge is 0.441 e. The van der Waals surface area contributed by atoms with Crippen molar-refractivity contribution in [2.75, 3.05) is 23.0 Å². The summed E-state index contributed by atoms with van der Waals surface area (Å²) in [5.74, 6) is -1.78. The first kappa shape index (κ1) is 21.7. The Morgan fingerprint density at radius 1 is 1.43 bits per heavy atom. The number of anilines is 2. The van der Waals surface area contributed by atoms with Gasteiger partial charge in [-0.05, 0) is 24.6 Å². The number of fused-ring (bicyclic) bond motifs is 1. The van der Waals surface area contributed by atoms with Crippen molar-refractivity contribution >= 4 is 29.2 Å². The lowest BCUT2D eigenvalue weighted by Gasteiger charge is -2.39. The minimum Gasteiger partial charge on any atom is -0.441 e. The molecular formula is C22H26N2O6. The Hall–Kier alpha value is -2.97. The van der Waals surface area contributed by atoms with Gasteiger partial charge >= 0.3 is 5.97 Å². The summed E-state index contributed by atoms with van der Waals surface area (Å²) in [6, 6.07) is 4.93. The first-order valence-electron chi connectivity index (χ1n) is 9.82. The molecular weight excluding hydrogens is 388 g/mol. The summed E-state index contributed by atoms with van der Waals surface area (Å²) < 4.78 is 5.17. The van der Waals surface area contributed by atoms with Crippen LogP contribution in [-0.2, 0) is 24.7 Å². The van der Waals surface area contributed by atoms with Crippen LogP contribution in [-0.4, -0.2) is 47.4 Å². The molecule has 160 valence electrons. The smallest absolute Gasteiger partial charge is 0.304 e. The normalized spacial score (nSPS) is 24.1. The number of hydrogen-bond acceptors (Lipinski definition) is 6. The molecule has 2 N–H and O–H groups in total. The van der Waals surface area contributed by atoms with E-state index in [0.717, 1.165) is 0 Å². The van der Waals surface area contributed by atoms with Crippen LogP contribution < -0.4 is 9.80 Å². The molecule has 0 aromatic heterocycles. The minimum atomic E-state index is -1.84. The molecule has 1 unspecified atom stereocenters. The molecule has 30 heavy (non-hydrogen) atoms. The molecule has 8 nitrogen and oxygen atoms in total. The molecule has 1 aromatic carbocycles. The summed E-state index contributed by atoms with van der Waals surface area (Å²) in [5, 5.41) is 20.5. The molecule has 2 aliphatic heterocycles. The summed E-state index contributed by atoms with van der Waals surface area (Å²) in [6.07, 6.45) is 4.77. The number of nitrogens with zero attached hydrogens (tertiary/aromatic N) is 2. The quantitative estimate of drug-likeness (QED) is 0.380. The number of carbonyl (C=O) groups excluding carboxylic acids is 3. The lowest BCUT2D eigenvalue weighted by molar-refractivity contribution is -0.153. The van der Waals surface area contributed by atoms with Gasteiger partial charge in [-0.25, -0.2) is 0 Å². The van der Waals surface area contributed by atoms with Crippen molar-refractivity contribution in [2.24, 2.45) is 5.92 Å². The molecule has 0 radical (unpaired) electrons. The molecule has 0 spiro atoms. The van der Waals surface area contributed by atoms with Crippen LogP contribution in [0.25, 0.3) is 0 Å². The van der Waals surface area contributed by atoms with Gasteiger partial charge in [-0.1, -0.05) is 25.2 Å². The van der Waals surface area contributed by atoms with Crippen LogP contribution in [0.1, 0.15) is 32.3 Å². The predicted molar refractivity (Wildman–Crippen MR) is 111 cm³/mol. The molecule has 0 aliphatic carbocycles. The molecule has 8 heteroatoms. The summed E-state index contributed by atoms with van der Waals surface area (Å²) >= 11 is 0. The van der Waals surface area contributed by atoms with Crippen molar-refractivity contribution in [2.45, 2.75) is 38.5 Å². The van der Waals surface area contributed by atoms with Crippen molar-refractivity contribution in [3.63, 3.8) is 0 Å². The first-order chi connectivity index (χ1) is 14.2. The Bertz CT molecular complexity index is 911. The van der Waals surface area contributed by atoms with Gasteiger partial charge in [-0.2, -0.15) is 0 Å². The number of benzene rings is 1. The second kappa shape index (κ2) is 8.41. The molecule has 0 bridgehead atoms. The third kappa shape index (κ3) is 3.53. The molecule has 3 atom stereocenters. The Kier molecular flexibility index (Phi) is 6.09. The van der Waals surface area contributed by atoms with Crippen molar-refractivity contribution in [3.8, 4) is 0 Å². The summed E-state index contributed by atoms with van der Waals surface area (Å²) in [7, 11) is 0. The number of rotatable bonds is 8. The van der Waals surface area contributed by atoms with E-state index in [1.165, 1.54) is 16.7 Å². The summed E-state index contributed by atoms with van der Waals surface area (Å²) in [6.45, 7) is 6.86. The molecule has 2 aliphatic rings. The Balaban J connectivity index is 2.04. The molecule has 2 amide bonds. The van der Waals surface area contributed by atoms with Gasteiger partial charge in [0.2, 0.25) is 5.91 Å². The van der Waals surface area contributed by atoms with Crippen LogP contribution in [0.15, 0.2) is 43.0 Å². The zero-order valence-corrected chi connectivity index (χ0v) is 17.1. The SMILES string of the molecule is C=CCN1C(=O)[C@](O)([C@H](C)/C=C/CCO)c2cc(N3C(=O)CC3OC(C)=O)ccc21. The van der Waals surface area contributed by atoms with E-state index >= 15 is 0 Å². The second-order valence-corrected chi connectivity index (χ2v) is 7.43. The number of ether oxygens (including phenoxy) is 1. The lowest BCUT2D eigenvalue weighted by Crippen LogP contribution is -2.55. The van der Waals surface area contributed by atoms with Crippen LogP contribution in [0.5, 0.6) is 0 Å². The molecule has 1 saturated heterocycles. The predicted octanol–water partition coefficient (Wildman–Crippen LogP) is 1.61. The fraction of sp³-hybridized carbons (Fsp3) is 0.409. The molecule has 3 rings (SSSR count). The van der Waals surface area contributed by atoms with Crippen molar-refractivity contribution < 1.29 is 29.3 Å². The number of aliphatic hydroxyl groups excluding tert-OH is 1. The van der Waals surface area contributed by atoms with Gasteiger partial charge in [-0.15, -0.1) is 6.58 Å². The van der Waals surface area contributed by atoms with Crippen LogP contribution >= 0.6 is 0 Å². The van der Waals surface area contributed by atoms with E-state index in [-0.39, 0.29) is 25.5 Å². The van der Waals surface area contributed by atoms with E-state index < -0.39 is 29.6 Å². The minimum absolute atomic E-state index is 0.0342. The number of aliphatic hydroxyl groups is 2. The van der Waals surface area contributed by atoms with Gasteiger partial charge in [-0.3, -0.25) is 19.3 Å². The van der Waals surface area contributed by atoms with E-state index in [2.05, 4.69) is 6.58 Å². The Morgan fingerprint density at radius 2 is 2.17 bits per heavy atom. The second-order valence-electron chi connectivity index (χ2n) is 7.43. The van der Waals surface area contributed by atoms with E-state index in [1.54, 1.807) is 43.4 Å². The maximum atomic E-state index is 13.2. The van der Waals surface area contributed by atoms with Crippen LogP contribution in [0, 0.1) is 5.92 Å². The van der Waals surface area contributed by atoms with Crippen molar-refractivity contribution in [1.82, 2.24) is 0 Å². The topological polar surface area (TPSA) is 107 Å². The van der Waals surface area contributed by atoms with E-state index in [0.29, 0.717) is 23.4 Å². The number of β-lactam (4-membered cyclic amide) rings is 1. The monoisotopic (exact) mass is 414 g/mol. The molecule has 2 heterocycles. The van der Waals surface area contributed by atoms with E-state index in [1.807, 2.05) is 0 Å². The summed E-state index contributed by atoms with van der Waals surface area (Å²) in [5.41, 5.74) is -0.500. The van der Waals surface area contributed by atoms with Crippen molar-refractivity contribution in [3.05, 3.63) is 48.6 Å². The molecule has 1 fully saturated rings. The average Bonchev–Trinajstić information content (AvgIpc) is 2.90. The first-order valence-corrected chi connectivity index (χ1v) is 9.82. The maximum absolute atomic E-state index is 13.2. The third-order valence-corrected chi connectivity index (χ3v) is 5.43. The Labute approximate surface area is 175 Å². The highest BCUT2D eigenvalue weighted by atomic mass is 16.6. The third-order valence-electron chi connectivity index (χ3n) is 5.43. The lowest BCUT2D eigenvalue weighted by atomic mass is 9.82. The van der Waals surface area contributed by atoms with Gasteiger partial charge in [0, 0.05) is 37.2 Å². The van der Waals surface area contributed by atoms with Crippen molar-refractivity contribution in [1.29, 1.82) is 0 Å². The summed E-state index contributed by atoms with van der Waals surface area (Å²) in [4.78, 5) is 39.5. The fourth-order valence-electron chi connectivity index (χ4n) is 3.89. The average molecular weight is 414 g/mol. The highest BCUT2D eigenvalue weighted by Gasteiger charge is 2.53. The van der Waals surface area contributed by atoms with Crippen LogP contribution in [0.4, 0.5) is 11.4 Å². The van der Waals surface area contributed by atoms with Gasteiger partial charge in [0.25, 0.3) is 5.91 Å². The van der Waals surface area contributed by atoms with Gasteiger partial charge in [0.05, 0.1) is 12.1 Å². The highest BCUT2D eigenvalue weighted by Crippen LogP contribution is 2.47. The number of carbonyl (C=O) groups is 3. The number of amides is 2. The van der Waals surface area contributed by atoms with Crippen LogP contribution in [0.3, 0.4) is 0 Å². The zero-order chi connectivity index (χ0) is 22.1. The zero-order valence-electron chi connectivity index (χ0n) is 17.1. The van der Waals surface area contributed by atoms with Gasteiger partial charge in [0.15, 0.2) is 11.8 Å². The van der Waals surface area contributed by atoms with E-state index in [4.69, 9.17) is 9.84 Å². The standard InChI is InChI=1S/C22H26N2O6/c1-4-10-23-18-9-8-16(24-19(27)13-20(24)30-15(3)26)12-17(18)22(29,21(23)28)14(2)7-5-6-11-25/h4-5,7-9,12,14,20,25,29H,1,6,10-11,13H2,2-3H3/b7-5+/t14-,20?,22+/m1/s1. The van der Waals surface area contributed by atoms with Gasteiger partial charge < -0.3 is 19.8 Å². The number of esters is 1. The molecule has 0 saturated carbocycles. The highest BCUT2D eigenvalue weighted by molar-refractivity contribution is 6.08. The van der Waals surface area contributed by atoms with Gasteiger partial charge in [0.1, 0.15) is 0 Å². The van der Waals surface area contributed by atoms with E-state index in [9.17, 15) is 19.5 Å². The molecule has 1 aromatic rings. The fourth-order valence-corrected chi connectivity index (χ4v) is 3.89.